The fourth-order valence-electron chi connectivity index (χ4n) is 4.27. The van der Waals surface area contributed by atoms with Gasteiger partial charge in [0.1, 0.15) is 12.4 Å². The van der Waals surface area contributed by atoms with Gasteiger partial charge in [0.25, 0.3) is 11.8 Å². The number of carbonyl (C=O) groups excluding carboxylic acids is 2. The molecular formula is C27H26F4N4O3. The zero-order chi connectivity index (χ0) is 27.4. The summed E-state index contributed by atoms with van der Waals surface area (Å²) in [7, 11) is 3.29. The minimum Gasteiger partial charge on any atom is -0.383 e. The van der Waals surface area contributed by atoms with Gasteiger partial charge in [-0.25, -0.2) is 9.40 Å². The summed E-state index contributed by atoms with van der Waals surface area (Å²) in [4.78, 5) is 27.9. The summed E-state index contributed by atoms with van der Waals surface area (Å²) in [5.74, 6) is -1.53. The van der Waals surface area contributed by atoms with Crippen LogP contribution in [0.1, 0.15) is 39.6 Å². The summed E-state index contributed by atoms with van der Waals surface area (Å²) in [5, 5.41) is 5.85. The van der Waals surface area contributed by atoms with Gasteiger partial charge in [-0.3, -0.25) is 9.59 Å². The number of carbonyl (C=O) groups is 2. The number of amides is 2. The Bertz CT molecular complexity index is 1320. The van der Waals surface area contributed by atoms with Crippen LogP contribution in [-0.4, -0.2) is 58.8 Å². The molecule has 1 aliphatic rings. The van der Waals surface area contributed by atoms with E-state index in [9.17, 15) is 27.2 Å². The largest absolute Gasteiger partial charge is 0.416 e. The van der Waals surface area contributed by atoms with E-state index >= 15 is 0 Å². The lowest BCUT2D eigenvalue weighted by molar-refractivity contribution is -0.137. The molecule has 1 aromatic heterocycles. The first-order valence-electron chi connectivity index (χ1n) is 11.8. The van der Waals surface area contributed by atoms with Crippen LogP contribution in [0, 0.1) is 5.82 Å². The third-order valence-corrected chi connectivity index (χ3v) is 6.30. The van der Waals surface area contributed by atoms with E-state index in [1.54, 1.807) is 12.1 Å². The van der Waals surface area contributed by atoms with Crippen LogP contribution >= 0.6 is 0 Å². The van der Waals surface area contributed by atoms with Crippen molar-refractivity contribution in [3.63, 3.8) is 0 Å². The zero-order valence-corrected chi connectivity index (χ0v) is 20.8. The number of alkyl halides is 3. The molecule has 0 saturated carbocycles. The zero-order valence-electron chi connectivity index (χ0n) is 20.8. The maximum Gasteiger partial charge on any atom is 0.416 e. The van der Waals surface area contributed by atoms with Crippen LogP contribution in [0.3, 0.4) is 0 Å². The van der Waals surface area contributed by atoms with Gasteiger partial charge in [0.05, 0.1) is 29.6 Å². The van der Waals surface area contributed by atoms with Crippen molar-refractivity contribution in [3.05, 3.63) is 95.1 Å². The molecule has 1 atom stereocenters. The standard InChI is InChI=1S/C27H26F4N4O3/c1-33-13-3-4-23(33)22-16-24(18-7-11-21(28)12-8-18)35(32-22)25(36)17-34(14-15-38-2)26(37)19-5-9-20(10-6-19)27(29,30)31/h3-13,24H,14-17H2,1-2H3/t24-/m1/s1. The first kappa shape index (κ1) is 27.1. The SMILES string of the molecule is COCCN(CC(=O)N1N=C(c2cccn2C)C[C@@H]1c1ccc(F)cc1)C(=O)c1ccc(C(F)(F)F)cc1. The van der Waals surface area contributed by atoms with Crippen molar-refractivity contribution < 1.29 is 31.9 Å². The molecule has 0 fully saturated rings. The van der Waals surface area contributed by atoms with Crippen LogP contribution in [0.15, 0.2) is 72.0 Å². The van der Waals surface area contributed by atoms with E-state index in [-0.39, 0.29) is 25.3 Å². The van der Waals surface area contributed by atoms with Crippen LogP contribution in [0.2, 0.25) is 0 Å². The molecule has 200 valence electrons. The minimum absolute atomic E-state index is 0.00594. The third kappa shape index (κ3) is 5.94. The van der Waals surface area contributed by atoms with Gasteiger partial charge in [-0.2, -0.15) is 18.3 Å². The number of hydrogen-bond donors (Lipinski definition) is 0. The minimum atomic E-state index is -4.54. The quantitative estimate of drug-likeness (QED) is 0.399. The van der Waals surface area contributed by atoms with E-state index in [0.29, 0.717) is 17.7 Å². The maximum atomic E-state index is 13.6. The molecule has 0 saturated heterocycles. The van der Waals surface area contributed by atoms with Gasteiger partial charge in [0, 0.05) is 38.9 Å². The molecule has 0 spiro atoms. The number of nitrogens with zero attached hydrogens (tertiary/aromatic N) is 4. The number of hydrogen-bond acceptors (Lipinski definition) is 4. The molecule has 7 nitrogen and oxygen atoms in total. The fourth-order valence-corrected chi connectivity index (χ4v) is 4.27. The molecule has 4 rings (SSSR count). The van der Waals surface area contributed by atoms with Crippen molar-refractivity contribution in [2.24, 2.45) is 12.1 Å². The fraction of sp³-hybridized carbons (Fsp3) is 0.296. The molecule has 0 N–H and O–H groups in total. The van der Waals surface area contributed by atoms with Crippen molar-refractivity contribution in [2.75, 3.05) is 26.8 Å². The summed E-state index contributed by atoms with van der Waals surface area (Å²) < 4.78 is 59.4. The average molecular weight is 531 g/mol. The molecule has 0 unspecified atom stereocenters. The number of aryl methyl sites for hydroxylation is 1. The lowest BCUT2D eigenvalue weighted by Crippen LogP contribution is -2.42. The van der Waals surface area contributed by atoms with Gasteiger partial charge < -0.3 is 14.2 Å². The Hall–Kier alpha value is -3.99. The molecule has 0 bridgehead atoms. The molecule has 0 aliphatic carbocycles. The number of halogens is 4. The second-order valence-corrected chi connectivity index (χ2v) is 8.86. The summed E-state index contributed by atoms with van der Waals surface area (Å²) in [6.45, 7) is -0.241. The summed E-state index contributed by atoms with van der Waals surface area (Å²) in [6.07, 6.45) is -2.31. The van der Waals surface area contributed by atoms with Gasteiger partial charge in [-0.15, -0.1) is 0 Å². The number of benzene rings is 2. The van der Waals surface area contributed by atoms with Crippen molar-refractivity contribution in [2.45, 2.75) is 18.6 Å². The summed E-state index contributed by atoms with van der Waals surface area (Å²) in [5.41, 5.74) is 1.26. The normalized spacial score (nSPS) is 15.5. The lowest BCUT2D eigenvalue weighted by Gasteiger charge is -2.27. The van der Waals surface area contributed by atoms with E-state index in [1.165, 1.54) is 29.2 Å². The molecular weight excluding hydrogens is 504 g/mol. The Kier molecular flexibility index (Phi) is 7.96. The second-order valence-electron chi connectivity index (χ2n) is 8.86. The molecule has 0 radical (unpaired) electrons. The van der Waals surface area contributed by atoms with Gasteiger partial charge in [-0.05, 0) is 54.1 Å². The van der Waals surface area contributed by atoms with Crippen LogP contribution in [0.4, 0.5) is 17.6 Å². The average Bonchev–Trinajstić information content (AvgIpc) is 3.52. The Balaban J connectivity index is 1.60. The number of methoxy groups -OCH3 is 1. The van der Waals surface area contributed by atoms with Gasteiger partial charge in [-0.1, -0.05) is 12.1 Å². The Morgan fingerprint density at radius 1 is 1.08 bits per heavy atom. The first-order chi connectivity index (χ1) is 18.1. The Morgan fingerprint density at radius 3 is 2.34 bits per heavy atom. The van der Waals surface area contributed by atoms with Crippen molar-refractivity contribution >= 4 is 17.5 Å². The third-order valence-electron chi connectivity index (χ3n) is 6.30. The molecule has 3 aromatic rings. The van der Waals surface area contributed by atoms with Gasteiger partial charge >= 0.3 is 6.18 Å². The highest BCUT2D eigenvalue weighted by Gasteiger charge is 2.35. The molecule has 1 aliphatic heterocycles. The Morgan fingerprint density at radius 2 is 1.76 bits per heavy atom. The van der Waals surface area contributed by atoms with E-state index in [0.717, 1.165) is 30.0 Å². The highest BCUT2D eigenvalue weighted by Crippen LogP contribution is 2.33. The predicted octanol–water partition coefficient (Wildman–Crippen LogP) is 4.65. The topological polar surface area (TPSA) is 67.1 Å². The van der Waals surface area contributed by atoms with Crippen LogP contribution in [0.25, 0.3) is 0 Å². The molecule has 38 heavy (non-hydrogen) atoms. The molecule has 2 amide bonds. The van der Waals surface area contributed by atoms with Crippen molar-refractivity contribution in [1.82, 2.24) is 14.5 Å². The highest BCUT2D eigenvalue weighted by molar-refractivity contribution is 6.02. The summed E-state index contributed by atoms with van der Waals surface area (Å²) in [6, 6.07) is 12.8. The Labute approximate surface area is 216 Å². The second kappa shape index (κ2) is 11.2. The first-order valence-corrected chi connectivity index (χ1v) is 11.8. The molecule has 2 aromatic carbocycles. The van der Waals surface area contributed by atoms with Gasteiger partial charge in [0.2, 0.25) is 0 Å². The van der Waals surface area contributed by atoms with E-state index in [2.05, 4.69) is 5.10 Å². The molecule has 11 heteroatoms. The van der Waals surface area contributed by atoms with Crippen LogP contribution in [-0.2, 0) is 22.8 Å². The smallest absolute Gasteiger partial charge is 0.383 e. The lowest BCUT2D eigenvalue weighted by atomic mass is 10.0. The van der Waals surface area contributed by atoms with E-state index in [4.69, 9.17) is 4.74 Å². The molecule has 2 heterocycles. The number of rotatable bonds is 8. The number of hydrazone groups is 1. The monoisotopic (exact) mass is 530 g/mol. The number of aromatic nitrogens is 1. The van der Waals surface area contributed by atoms with Crippen LogP contribution < -0.4 is 0 Å². The van der Waals surface area contributed by atoms with Crippen LogP contribution in [0.5, 0.6) is 0 Å². The van der Waals surface area contributed by atoms with Crippen molar-refractivity contribution in [3.8, 4) is 0 Å². The highest BCUT2D eigenvalue weighted by atomic mass is 19.4. The van der Waals surface area contributed by atoms with Crippen molar-refractivity contribution in [1.29, 1.82) is 0 Å². The maximum absolute atomic E-state index is 13.6. The number of ether oxygens (including phenoxy) is 1. The summed E-state index contributed by atoms with van der Waals surface area (Å²) >= 11 is 0. The van der Waals surface area contributed by atoms with E-state index in [1.807, 2.05) is 29.9 Å². The predicted molar refractivity (Wildman–Crippen MR) is 132 cm³/mol. The van der Waals surface area contributed by atoms with E-state index < -0.39 is 35.4 Å². The van der Waals surface area contributed by atoms with Gasteiger partial charge in [0.15, 0.2) is 0 Å².